The molecule has 0 bridgehead atoms. The van der Waals surface area contributed by atoms with Gasteiger partial charge in [0.15, 0.2) is 0 Å². The smallest absolute Gasteiger partial charge is 0.407 e. The molecule has 1 aromatic heterocycles. The van der Waals surface area contributed by atoms with Gasteiger partial charge in [0, 0.05) is 30.3 Å². The molecule has 0 radical (unpaired) electrons. The maximum atomic E-state index is 12.5. The van der Waals surface area contributed by atoms with Crippen molar-refractivity contribution in [2.24, 2.45) is 0 Å². The molecule has 0 aliphatic carbocycles. The van der Waals surface area contributed by atoms with Gasteiger partial charge in [0.25, 0.3) is 0 Å². The number of piperidine rings is 1. The summed E-state index contributed by atoms with van der Waals surface area (Å²) in [5, 5.41) is 9.98. The molecule has 1 aromatic carbocycles. The third kappa shape index (κ3) is 4.13. The predicted molar refractivity (Wildman–Crippen MR) is 102 cm³/mol. The van der Waals surface area contributed by atoms with Gasteiger partial charge in [-0.05, 0) is 37.8 Å². The van der Waals surface area contributed by atoms with Crippen LogP contribution < -0.4 is 5.32 Å². The van der Waals surface area contributed by atoms with Gasteiger partial charge >= 0.3 is 6.09 Å². The number of benzene rings is 1. The quantitative estimate of drug-likeness (QED) is 0.866. The van der Waals surface area contributed by atoms with E-state index in [2.05, 4.69) is 39.3 Å². The first kappa shape index (κ1) is 18.9. The van der Waals surface area contributed by atoms with Gasteiger partial charge in [-0.15, -0.1) is 0 Å². The molecular formula is C20H26N4O3. The van der Waals surface area contributed by atoms with E-state index in [4.69, 9.17) is 0 Å². The highest BCUT2D eigenvalue weighted by Crippen LogP contribution is 2.35. The van der Waals surface area contributed by atoms with Crippen LogP contribution in [0.1, 0.15) is 36.9 Å². The first-order valence-corrected chi connectivity index (χ1v) is 9.23. The Kier molecular flexibility index (Phi) is 5.78. The van der Waals surface area contributed by atoms with Gasteiger partial charge in [0.1, 0.15) is 6.04 Å². The minimum absolute atomic E-state index is 0.0809. The van der Waals surface area contributed by atoms with Crippen molar-refractivity contribution in [1.29, 1.82) is 0 Å². The van der Waals surface area contributed by atoms with Gasteiger partial charge in [-0.25, -0.2) is 4.79 Å². The molecule has 0 unspecified atom stereocenters. The molecule has 7 nitrogen and oxygen atoms in total. The largest absolute Gasteiger partial charge is 0.453 e. The van der Waals surface area contributed by atoms with E-state index < -0.39 is 12.1 Å². The number of hydrogen-bond acceptors (Lipinski definition) is 4. The zero-order chi connectivity index (χ0) is 19.4. The molecule has 2 aromatic rings. The van der Waals surface area contributed by atoms with Crippen LogP contribution in [-0.2, 0) is 9.53 Å². The second kappa shape index (κ2) is 8.24. The number of aromatic amines is 1. The number of H-pyrrole nitrogens is 1. The summed E-state index contributed by atoms with van der Waals surface area (Å²) in [5.74, 6) is 0.248. The second-order valence-corrected chi connectivity index (χ2v) is 6.97. The number of nitrogens with one attached hydrogen (secondary N) is 2. The van der Waals surface area contributed by atoms with Gasteiger partial charge in [-0.1, -0.05) is 24.3 Å². The standard InChI is InChI=1S/C20H26N4O3/c1-13-6-4-5-7-16(13)17-12-21-23-18(17)15-8-10-24(11-9-15)19(25)14(2)22-20(26)27-3/h4-7,12,14-15H,8-11H2,1-3H3,(H,21,23)(H,22,26)/t14-/m0/s1. The predicted octanol–water partition coefficient (Wildman–Crippen LogP) is 2.84. The van der Waals surface area contributed by atoms with E-state index in [9.17, 15) is 9.59 Å². The number of aromatic nitrogens is 2. The van der Waals surface area contributed by atoms with E-state index in [0.717, 1.165) is 24.1 Å². The molecule has 1 aliphatic heterocycles. The summed E-state index contributed by atoms with van der Waals surface area (Å²) >= 11 is 0. The molecule has 1 saturated heterocycles. The van der Waals surface area contributed by atoms with Crippen LogP contribution in [-0.4, -0.2) is 53.3 Å². The molecule has 144 valence electrons. The van der Waals surface area contributed by atoms with Crippen molar-refractivity contribution in [3.05, 3.63) is 41.7 Å². The van der Waals surface area contributed by atoms with Crippen LogP contribution in [0.5, 0.6) is 0 Å². The van der Waals surface area contributed by atoms with Crippen LogP contribution in [0.2, 0.25) is 0 Å². The number of ether oxygens (including phenoxy) is 1. The van der Waals surface area contributed by atoms with Crippen LogP contribution >= 0.6 is 0 Å². The van der Waals surface area contributed by atoms with Crippen molar-refractivity contribution in [2.45, 2.75) is 38.6 Å². The molecule has 2 N–H and O–H groups in total. The maximum absolute atomic E-state index is 12.5. The van der Waals surface area contributed by atoms with Crippen molar-refractivity contribution in [3.8, 4) is 11.1 Å². The number of hydrogen-bond donors (Lipinski definition) is 2. The lowest BCUT2D eigenvalue weighted by atomic mass is 9.88. The lowest BCUT2D eigenvalue weighted by molar-refractivity contribution is -0.134. The first-order chi connectivity index (χ1) is 13.0. The molecule has 0 spiro atoms. The Hall–Kier alpha value is -2.83. The summed E-state index contributed by atoms with van der Waals surface area (Å²) in [6.07, 6.45) is 3.01. The minimum atomic E-state index is -0.594. The lowest BCUT2D eigenvalue weighted by Gasteiger charge is -2.33. The van der Waals surface area contributed by atoms with E-state index in [1.807, 2.05) is 18.3 Å². The highest BCUT2D eigenvalue weighted by Gasteiger charge is 2.29. The van der Waals surface area contributed by atoms with E-state index in [0.29, 0.717) is 19.0 Å². The SMILES string of the molecule is COC(=O)N[C@@H](C)C(=O)N1CCC(c2[nH]ncc2-c2ccccc2C)CC1. The summed E-state index contributed by atoms with van der Waals surface area (Å²) in [7, 11) is 1.29. The number of carbonyl (C=O) groups is 2. The van der Waals surface area contributed by atoms with Gasteiger partial charge in [-0.2, -0.15) is 5.10 Å². The fraction of sp³-hybridized carbons (Fsp3) is 0.450. The molecule has 2 heterocycles. The van der Waals surface area contributed by atoms with Crippen molar-refractivity contribution >= 4 is 12.0 Å². The number of likely N-dealkylation sites (tertiary alicyclic amines) is 1. The van der Waals surface area contributed by atoms with Crippen LogP contribution in [0, 0.1) is 6.92 Å². The molecule has 1 aliphatic rings. The first-order valence-electron chi connectivity index (χ1n) is 9.23. The van der Waals surface area contributed by atoms with Crippen molar-refractivity contribution < 1.29 is 14.3 Å². The average molecular weight is 370 g/mol. The second-order valence-electron chi connectivity index (χ2n) is 6.97. The number of rotatable bonds is 4. The van der Waals surface area contributed by atoms with Gasteiger partial charge in [0.2, 0.25) is 5.91 Å². The average Bonchev–Trinajstić information content (AvgIpc) is 3.17. The number of amides is 2. The third-order valence-electron chi connectivity index (χ3n) is 5.21. The minimum Gasteiger partial charge on any atom is -0.453 e. The van der Waals surface area contributed by atoms with E-state index in [1.165, 1.54) is 18.2 Å². The maximum Gasteiger partial charge on any atom is 0.407 e. The Bertz CT molecular complexity index is 809. The van der Waals surface area contributed by atoms with Gasteiger partial charge in [-0.3, -0.25) is 9.89 Å². The Labute approximate surface area is 159 Å². The number of aryl methyl sites for hydroxylation is 1. The Morgan fingerprint density at radius 1 is 1.26 bits per heavy atom. The number of methoxy groups -OCH3 is 1. The Morgan fingerprint density at radius 2 is 1.96 bits per heavy atom. The van der Waals surface area contributed by atoms with E-state index >= 15 is 0 Å². The summed E-state index contributed by atoms with van der Waals surface area (Å²) < 4.78 is 4.56. The highest BCUT2D eigenvalue weighted by atomic mass is 16.5. The third-order valence-corrected chi connectivity index (χ3v) is 5.21. The van der Waals surface area contributed by atoms with E-state index in [-0.39, 0.29) is 5.91 Å². The van der Waals surface area contributed by atoms with Crippen LogP contribution in [0.4, 0.5) is 4.79 Å². The molecule has 3 rings (SSSR count). The Balaban J connectivity index is 1.65. The number of carbonyl (C=O) groups excluding carboxylic acids is 2. The summed E-state index contributed by atoms with van der Waals surface area (Å²) in [6, 6.07) is 7.69. The summed E-state index contributed by atoms with van der Waals surface area (Å²) in [5.41, 5.74) is 4.68. The van der Waals surface area contributed by atoms with Crippen LogP contribution in [0.25, 0.3) is 11.1 Å². The number of alkyl carbamates (subject to hydrolysis) is 1. The zero-order valence-corrected chi connectivity index (χ0v) is 16.0. The van der Waals surface area contributed by atoms with Crippen LogP contribution in [0.15, 0.2) is 30.5 Å². The zero-order valence-electron chi connectivity index (χ0n) is 16.0. The number of nitrogens with zero attached hydrogens (tertiary/aromatic N) is 2. The Morgan fingerprint density at radius 3 is 2.63 bits per heavy atom. The normalized spacial score (nSPS) is 16.0. The summed E-state index contributed by atoms with van der Waals surface area (Å²) in [4.78, 5) is 25.6. The van der Waals surface area contributed by atoms with E-state index in [1.54, 1.807) is 11.8 Å². The molecule has 27 heavy (non-hydrogen) atoms. The molecule has 2 amide bonds. The molecule has 1 fully saturated rings. The topological polar surface area (TPSA) is 87.3 Å². The van der Waals surface area contributed by atoms with Crippen molar-refractivity contribution in [1.82, 2.24) is 20.4 Å². The molecule has 0 saturated carbocycles. The molecule has 1 atom stereocenters. The monoisotopic (exact) mass is 370 g/mol. The van der Waals surface area contributed by atoms with Crippen LogP contribution in [0.3, 0.4) is 0 Å². The molecule has 7 heteroatoms. The van der Waals surface area contributed by atoms with Gasteiger partial charge < -0.3 is 15.0 Å². The lowest BCUT2D eigenvalue weighted by Crippen LogP contribution is -2.49. The summed E-state index contributed by atoms with van der Waals surface area (Å²) in [6.45, 7) is 5.09. The van der Waals surface area contributed by atoms with Gasteiger partial charge in [0.05, 0.1) is 13.3 Å². The van der Waals surface area contributed by atoms with Crippen molar-refractivity contribution in [3.63, 3.8) is 0 Å². The fourth-order valence-corrected chi connectivity index (χ4v) is 3.66. The highest BCUT2D eigenvalue weighted by molar-refractivity contribution is 5.85. The van der Waals surface area contributed by atoms with Crippen molar-refractivity contribution in [2.75, 3.05) is 20.2 Å². The fourth-order valence-electron chi connectivity index (χ4n) is 3.66. The molecular weight excluding hydrogens is 344 g/mol.